The number of hydrogen-bond donors (Lipinski definition) is 0. The molecular formula is C17H22N2O4. The van der Waals surface area contributed by atoms with Gasteiger partial charge >= 0.3 is 5.97 Å². The number of carbonyl (C=O) groups excluding carboxylic acids is 1. The second-order valence-corrected chi connectivity index (χ2v) is 6.53. The van der Waals surface area contributed by atoms with E-state index in [1.807, 2.05) is 18.4 Å². The number of fused-ring (bicyclic) bond motifs is 1. The van der Waals surface area contributed by atoms with Gasteiger partial charge in [0.1, 0.15) is 5.69 Å². The first-order chi connectivity index (χ1) is 10.8. The van der Waals surface area contributed by atoms with E-state index in [-0.39, 0.29) is 11.6 Å². The molecule has 0 aliphatic rings. The van der Waals surface area contributed by atoms with Gasteiger partial charge in [-0.1, -0.05) is 27.7 Å². The molecule has 2 aromatic rings. The molecule has 0 aliphatic carbocycles. The molecule has 0 N–H and O–H groups in total. The van der Waals surface area contributed by atoms with Crippen LogP contribution in [0.5, 0.6) is 0 Å². The molecule has 0 radical (unpaired) electrons. The van der Waals surface area contributed by atoms with Crippen molar-refractivity contribution in [2.24, 2.45) is 11.8 Å². The zero-order valence-corrected chi connectivity index (χ0v) is 13.9. The van der Waals surface area contributed by atoms with E-state index in [0.29, 0.717) is 30.1 Å². The molecule has 1 aromatic heterocycles. The number of nitrogens with zero attached hydrogens (tertiary/aromatic N) is 2. The van der Waals surface area contributed by atoms with Crippen LogP contribution in [0.4, 0.5) is 5.69 Å². The zero-order chi connectivity index (χ0) is 17.1. The molecule has 0 bridgehead atoms. The third kappa shape index (κ3) is 3.88. The smallest absolute Gasteiger partial charge is 0.354 e. The summed E-state index contributed by atoms with van der Waals surface area (Å²) in [6, 6.07) is 6.32. The molecule has 0 saturated heterocycles. The standard InChI is InChI=1S/C17H22N2O4/c1-11(2)9-18-15-6-5-14(19(21)22)7-13(15)8-16(18)17(20)23-10-12(3)4/h5-8,11-12H,9-10H2,1-4H3. The molecule has 0 aliphatic heterocycles. The number of carbonyl (C=O) groups is 1. The fourth-order valence-electron chi connectivity index (χ4n) is 2.42. The van der Waals surface area contributed by atoms with E-state index in [1.54, 1.807) is 12.1 Å². The van der Waals surface area contributed by atoms with Gasteiger partial charge in [0, 0.05) is 29.6 Å². The van der Waals surface area contributed by atoms with Gasteiger partial charge in [-0.05, 0) is 24.0 Å². The van der Waals surface area contributed by atoms with Gasteiger partial charge in [-0.3, -0.25) is 10.1 Å². The molecule has 1 heterocycles. The number of non-ortho nitro benzene ring substituents is 1. The second-order valence-electron chi connectivity index (χ2n) is 6.53. The van der Waals surface area contributed by atoms with Crippen molar-refractivity contribution in [2.75, 3.05) is 6.61 Å². The van der Waals surface area contributed by atoms with Crippen LogP contribution in [0.1, 0.15) is 38.2 Å². The molecule has 0 unspecified atom stereocenters. The minimum atomic E-state index is -0.435. The lowest BCUT2D eigenvalue weighted by Crippen LogP contribution is -2.16. The lowest BCUT2D eigenvalue weighted by Gasteiger charge is -2.13. The first-order valence-corrected chi connectivity index (χ1v) is 7.74. The van der Waals surface area contributed by atoms with Crippen molar-refractivity contribution < 1.29 is 14.5 Å². The van der Waals surface area contributed by atoms with Crippen LogP contribution in [-0.4, -0.2) is 22.1 Å². The van der Waals surface area contributed by atoms with E-state index in [9.17, 15) is 14.9 Å². The van der Waals surface area contributed by atoms with E-state index in [2.05, 4.69) is 13.8 Å². The summed E-state index contributed by atoms with van der Waals surface area (Å²) in [6.07, 6.45) is 0. The van der Waals surface area contributed by atoms with Crippen LogP contribution in [-0.2, 0) is 11.3 Å². The summed E-state index contributed by atoms with van der Waals surface area (Å²) >= 11 is 0. The maximum absolute atomic E-state index is 12.4. The number of nitro benzene ring substituents is 1. The normalized spacial score (nSPS) is 11.4. The molecule has 2 rings (SSSR count). The van der Waals surface area contributed by atoms with Crippen LogP contribution in [0, 0.1) is 22.0 Å². The van der Waals surface area contributed by atoms with Crippen LogP contribution in [0.2, 0.25) is 0 Å². The Balaban J connectivity index is 2.48. The maximum Gasteiger partial charge on any atom is 0.354 e. The molecule has 0 spiro atoms. The van der Waals surface area contributed by atoms with Crippen LogP contribution >= 0.6 is 0 Å². The number of rotatable bonds is 6. The van der Waals surface area contributed by atoms with E-state index < -0.39 is 10.9 Å². The number of esters is 1. The molecular weight excluding hydrogens is 296 g/mol. The zero-order valence-electron chi connectivity index (χ0n) is 13.9. The minimum Gasteiger partial charge on any atom is -0.461 e. The number of ether oxygens (including phenoxy) is 1. The van der Waals surface area contributed by atoms with Gasteiger partial charge in [-0.2, -0.15) is 0 Å². The molecule has 0 fully saturated rings. The number of benzene rings is 1. The average Bonchev–Trinajstić information content (AvgIpc) is 2.82. The Morgan fingerprint density at radius 1 is 1.22 bits per heavy atom. The highest BCUT2D eigenvalue weighted by Crippen LogP contribution is 2.26. The van der Waals surface area contributed by atoms with Crippen molar-refractivity contribution in [1.82, 2.24) is 4.57 Å². The Morgan fingerprint density at radius 2 is 1.91 bits per heavy atom. The molecule has 6 heteroatoms. The summed E-state index contributed by atoms with van der Waals surface area (Å²) in [4.78, 5) is 22.9. The predicted molar refractivity (Wildman–Crippen MR) is 88.6 cm³/mol. The highest BCUT2D eigenvalue weighted by atomic mass is 16.6. The van der Waals surface area contributed by atoms with Gasteiger partial charge in [-0.25, -0.2) is 4.79 Å². The largest absolute Gasteiger partial charge is 0.461 e. The molecule has 6 nitrogen and oxygen atoms in total. The first-order valence-electron chi connectivity index (χ1n) is 7.74. The van der Waals surface area contributed by atoms with Gasteiger partial charge in [-0.15, -0.1) is 0 Å². The summed E-state index contributed by atoms with van der Waals surface area (Å²) in [5.41, 5.74) is 1.26. The molecule has 0 atom stereocenters. The van der Waals surface area contributed by atoms with Crippen molar-refractivity contribution >= 4 is 22.6 Å². The Labute approximate surface area is 135 Å². The molecule has 124 valence electrons. The topological polar surface area (TPSA) is 74.4 Å². The Bertz CT molecular complexity index is 732. The van der Waals surface area contributed by atoms with E-state index in [0.717, 1.165) is 5.52 Å². The molecule has 23 heavy (non-hydrogen) atoms. The lowest BCUT2D eigenvalue weighted by atomic mass is 10.2. The van der Waals surface area contributed by atoms with Crippen LogP contribution in [0.3, 0.4) is 0 Å². The SMILES string of the molecule is CC(C)COC(=O)c1cc2cc([N+](=O)[O-])ccc2n1CC(C)C. The van der Waals surface area contributed by atoms with Gasteiger partial charge in [0.25, 0.3) is 5.69 Å². The Hall–Kier alpha value is -2.37. The summed E-state index contributed by atoms with van der Waals surface area (Å²) in [6.45, 7) is 9.05. The lowest BCUT2D eigenvalue weighted by molar-refractivity contribution is -0.384. The summed E-state index contributed by atoms with van der Waals surface area (Å²) in [5, 5.41) is 11.6. The average molecular weight is 318 g/mol. The van der Waals surface area contributed by atoms with Gasteiger partial charge in [0.15, 0.2) is 0 Å². The number of nitro groups is 1. The fraction of sp³-hybridized carbons (Fsp3) is 0.471. The van der Waals surface area contributed by atoms with Crippen LogP contribution in [0.15, 0.2) is 24.3 Å². The van der Waals surface area contributed by atoms with Crippen molar-refractivity contribution in [3.63, 3.8) is 0 Å². The summed E-state index contributed by atoms with van der Waals surface area (Å²) < 4.78 is 7.21. The molecule has 1 aromatic carbocycles. The molecule has 0 amide bonds. The van der Waals surface area contributed by atoms with Crippen molar-refractivity contribution in [3.8, 4) is 0 Å². The number of hydrogen-bond acceptors (Lipinski definition) is 4. The monoisotopic (exact) mass is 318 g/mol. The highest BCUT2D eigenvalue weighted by molar-refractivity contribution is 5.96. The van der Waals surface area contributed by atoms with Crippen molar-refractivity contribution in [2.45, 2.75) is 34.2 Å². The predicted octanol–water partition coefficient (Wildman–Crippen LogP) is 4.02. The third-order valence-corrected chi connectivity index (χ3v) is 3.40. The Kier molecular flexibility index (Phi) is 5.03. The molecule has 0 saturated carbocycles. The van der Waals surface area contributed by atoms with E-state index >= 15 is 0 Å². The quantitative estimate of drug-likeness (QED) is 0.458. The van der Waals surface area contributed by atoms with Crippen LogP contribution < -0.4 is 0 Å². The van der Waals surface area contributed by atoms with Crippen molar-refractivity contribution in [1.29, 1.82) is 0 Å². The van der Waals surface area contributed by atoms with E-state index in [4.69, 9.17) is 4.74 Å². The maximum atomic E-state index is 12.4. The number of aromatic nitrogens is 1. The van der Waals surface area contributed by atoms with Crippen LogP contribution in [0.25, 0.3) is 10.9 Å². The minimum absolute atomic E-state index is 0.0151. The van der Waals surface area contributed by atoms with Gasteiger partial charge < -0.3 is 9.30 Å². The second kappa shape index (κ2) is 6.81. The highest BCUT2D eigenvalue weighted by Gasteiger charge is 2.19. The van der Waals surface area contributed by atoms with Gasteiger partial charge in [0.05, 0.1) is 11.5 Å². The third-order valence-electron chi connectivity index (χ3n) is 3.40. The summed E-state index contributed by atoms with van der Waals surface area (Å²) in [7, 11) is 0. The fourth-order valence-corrected chi connectivity index (χ4v) is 2.42. The van der Waals surface area contributed by atoms with Gasteiger partial charge in [0.2, 0.25) is 0 Å². The summed E-state index contributed by atoms with van der Waals surface area (Å²) in [5.74, 6) is 0.193. The van der Waals surface area contributed by atoms with E-state index in [1.165, 1.54) is 12.1 Å². The first kappa shape index (κ1) is 17.0. The van der Waals surface area contributed by atoms with Crippen molar-refractivity contribution in [3.05, 3.63) is 40.1 Å². The Morgan fingerprint density at radius 3 is 2.48 bits per heavy atom.